The number of nitrogens with one attached hydrogen (secondary N) is 1. The van der Waals surface area contributed by atoms with E-state index in [0.29, 0.717) is 6.42 Å². The van der Waals surface area contributed by atoms with E-state index in [1.807, 2.05) is 13.1 Å². The molecule has 1 amide bonds. The Labute approximate surface area is 113 Å². The third-order valence-electron chi connectivity index (χ3n) is 2.55. The van der Waals surface area contributed by atoms with Crippen LogP contribution in [0.15, 0.2) is 24.4 Å². The zero-order valence-electron chi connectivity index (χ0n) is 9.37. The van der Waals surface area contributed by atoms with Gasteiger partial charge in [-0.25, -0.2) is 4.79 Å². The summed E-state index contributed by atoms with van der Waals surface area (Å²) in [4.78, 5) is 13.8. The molecular formula is C12H13IN2O2. The van der Waals surface area contributed by atoms with Crippen molar-refractivity contribution < 1.29 is 9.53 Å². The van der Waals surface area contributed by atoms with Crippen LogP contribution in [0, 0.1) is 3.57 Å². The van der Waals surface area contributed by atoms with E-state index in [1.165, 1.54) is 3.57 Å². The average Bonchev–Trinajstić information content (AvgIpc) is 2.59. The quantitative estimate of drug-likeness (QED) is 0.841. The molecule has 0 aliphatic heterocycles. The predicted octanol–water partition coefficient (Wildman–Crippen LogP) is 2.80. The zero-order valence-corrected chi connectivity index (χ0v) is 11.5. The Morgan fingerprint density at radius 3 is 3.06 bits per heavy atom. The Hall–Kier alpha value is -1.24. The Bertz CT molecular complexity index is 550. The van der Waals surface area contributed by atoms with Crippen LogP contribution in [0.3, 0.4) is 0 Å². The zero-order chi connectivity index (χ0) is 12.4. The summed E-state index contributed by atoms with van der Waals surface area (Å²) < 4.78 is 6.10. The fourth-order valence-corrected chi connectivity index (χ4v) is 2.37. The van der Waals surface area contributed by atoms with Crippen molar-refractivity contribution in [2.45, 2.75) is 19.4 Å². The van der Waals surface area contributed by atoms with Gasteiger partial charge in [0.05, 0.1) is 0 Å². The number of rotatable bonds is 3. The lowest BCUT2D eigenvalue weighted by Gasteiger charge is -2.10. The monoisotopic (exact) mass is 344 g/mol. The molecule has 0 radical (unpaired) electrons. The van der Waals surface area contributed by atoms with Crippen molar-refractivity contribution in [2.24, 2.45) is 5.73 Å². The number of benzene rings is 1. The van der Waals surface area contributed by atoms with Crippen molar-refractivity contribution in [1.82, 2.24) is 4.98 Å². The van der Waals surface area contributed by atoms with Gasteiger partial charge in [-0.1, -0.05) is 6.07 Å². The lowest BCUT2D eigenvalue weighted by Crippen LogP contribution is -2.21. The van der Waals surface area contributed by atoms with Gasteiger partial charge in [0, 0.05) is 27.1 Å². The molecule has 0 spiro atoms. The van der Waals surface area contributed by atoms with E-state index in [2.05, 4.69) is 45.8 Å². The second-order valence-corrected chi connectivity index (χ2v) is 5.20. The predicted molar refractivity (Wildman–Crippen MR) is 74.9 cm³/mol. The number of halogens is 1. The van der Waals surface area contributed by atoms with Crippen molar-refractivity contribution in [3.63, 3.8) is 0 Å². The molecule has 1 aromatic carbocycles. The van der Waals surface area contributed by atoms with Crippen molar-refractivity contribution in [1.29, 1.82) is 0 Å². The maximum atomic E-state index is 10.6. The molecule has 0 aliphatic carbocycles. The van der Waals surface area contributed by atoms with Gasteiger partial charge in [0.1, 0.15) is 6.10 Å². The van der Waals surface area contributed by atoms with Crippen molar-refractivity contribution in [3.8, 4) is 0 Å². The first kappa shape index (κ1) is 12.2. The highest BCUT2D eigenvalue weighted by Crippen LogP contribution is 2.22. The molecule has 2 rings (SSSR count). The molecule has 0 unspecified atom stereocenters. The number of H-pyrrole nitrogens is 1. The van der Waals surface area contributed by atoms with Gasteiger partial charge in [0.15, 0.2) is 0 Å². The molecule has 1 aromatic heterocycles. The third-order valence-corrected chi connectivity index (χ3v) is 3.23. The molecule has 5 heteroatoms. The SMILES string of the molecule is C[C@H](Cc1c[nH]c2cc(I)ccc12)OC(N)=O. The van der Waals surface area contributed by atoms with Gasteiger partial charge in [-0.05, 0) is 47.2 Å². The Morgan fingerprint density at radius 2 is 2.35 bits per heavy atom. The van der Waals surface area contributed by atoms with E-state index in [1.54, 1.807) is 0 Å². The lowest BCUT2D eigenvalue weighted by molar-refractivity contribution is 0.116. The number of aromatic nitrogens is 1. The van der Waals surface area contributed by atoms with E-state index in [4.69, 9.17) is 10.5 Å². The summed E-state index contributed by atoms with van der Waals surface area (Å²) in [7, 11) is 0. The number of hydrogen-bond acceptors (Lipinski definition) is 2. The summed E-state index contributed by atoms with van der Waals surface area (Å²) in [5.74, 6) is 0. The molecule has 0 bridgehead atoms. The minimum atomic E-state index is -0.730. The Balaban J connectivity index is 2.22. The van der Waals surface area contributed by atoms with Gasteiger partial charge in [0.25, 0.3) is 0 Å². The number of aromatic amines is 1. The van der Waals surface area contributed by atoms with Crippen LogP contribution in [0.4, 0.5) is 4.79 Å². The molecule has 0 saturated heterocycles. The van der Waals surface area contributed by atoms with Crippen LogP contribution in [0.1, 0.15) is 12.5 Å². The first-order valence-electron chi connectivity index (χ1n) is 5.28. The molecule has 4 nitrogen and oxygen atoms in total. The van der Waals surface area contributed by atoms with Crippen LogP contribution in [0.2, 0.25) is 0 Å². The summed E-state index contributed by atoms with van der Waals surface area (Å²) in [5.41, 5.74) is 7.21. The molecule has 1 heterocycles. The fraction of sp³-hybridized carbons (Fsp3) is 0.250. The van der Waals surface area contributed by atoms with Crippen molar-refractivity contribution in [3.05, 3.63) is 33.5 Å². The highest BCUT2D eigenvalue weighted by Gasteiger charge is 2.11. The van der Waals surface area contributed by atoms with E-state index in [0.717, 1.165) is 16.5 Å². The van der Waals surface area contributed by atoms with Crippen molar-refractivity contribution in [2.75, 3.05) is 0 Å². The van der Waals surface area contributed by atoms with Gasteiger partial charge in [-0.3, -0.25) is 0 Å². The van der Waals surface area contributed by atoms with Crippen LogP contribution < -0.4 is 5.73 Å². The average molecular weight is 344 g/mol. The van der Waals surface area contributed by atoms with E-state index < -0.39 is 6.09 Å². The molecule has 0 fully saturated rings. The second kappa shape index (κ2) is 4.95. The summed E-state index contributed by atoms with van der Waals surface area (Å²) in [6.45, 7) is 1.83. The Morgan fingerprint density at radius 1 is 1.59 bits per heavy atom. The molecule has 0 aliphatic rings. The normalized spacial score (nSPS) is 12.6. The van der Waals surface area contributed by atoms with Crippen molar-refractivity contribution >= 4 is 39.6 Å². The fourth-order valence-electron chi connectivity index (χ4n) is 1.88. The third kappa shape index (κ3) is 2.91. The number of ether oxygens (including phenoxy) is 1. The standard InChI is InChI=1S/C12H13IN2O2/c1-7(17-12(14)16)4-8-6-15-11-5-9(13)2-3-10(8)11/h2-3,5-7,15H,4H2,1H3,(H2,14,16)/t7-/m1/s1. The van der Waals surface area contributed by atoms with Gasteiger partial charge in [-0.2, -0.15) is 0 Å². The number of primary amides is 1. The first-order valence-corrected chi connectivity index (χ1v) is 6.35. The largest absolute Gasteiger partial charge is 0.446 e. The maximum Gasteiger partial charge on any atom is 0.404 e. The summed E-state index contributed by atoms with van der Waals surface area (Å²) in [6, 6.07) is 6.21. The van der Waals surface area contributed by atoms with E-state index >= 15 is 0 Å². The van der Waals surface area contributed by atoms with Crippen LogP contribution in [0.5, 0.6) is 0 Å². The van der Waals surface area contributed by atoms with Crippen LogP contribution in [-0.2, 0) is 11.2 Å². The molecule has 0 saturated carbocycles. The number of nitrogens with two attached hydrogens (primary N) is 1. The minimum absolute atomic E-state index is 0.217. The number of amides is 1. The molecule has 3 N–H and O–H groups in total. The maximum absolute atomic E-state index is 10.6. The minimum Gasteiger partial charge on any atom is -0.446 e. The number of hydrogen-bond donors (Lipinski definition) is 2. The van der Waals surface area contributed by atoms with Gasteiger partial charge >= 0.3 is 6.09 Å². The smallest absolute Gasteiger partial charge is 0.404 e. The summed E-state index contributed by atoms with van der Waals surface area (Å²) in [6.07, 6.45) is 1.66. The van der Waals surface area contributed by atoms with Gasteiger partial charge in [-0.15, -0.1) is 0 Å². The topological polar surface area (TPSA) is 68.1 Å². The number of carbonyl (C=O) groups is 1. The van der Waals surface area contributed by atoms with Gasteiger partial charge in [0.2, 0.25) is 0 Å². The highest BCUT2D eigenvalue weighted by molar-refractivity contribution is 14.1. The van der Waals surface area contributed by atoms with E-state index in [9.17, 15) is 4.79 Å². The van der Waals surface area contributed by atoms with Gasteiger partial charge < -0.3 is 15.5 Å². The molecular weight excluding hydrogens is 331 g/mol. The van der Waals surface area contributed by atoms with E-state index in [-0.39, 0.29) is 6.10 Å². The molecule has 2 aromatic rings. The highest BCUT2D eigenvalue weighted by atomic mass is 127. The Kier molecular flexibility index (Phi) is 3.56. The second-order valence-electron chi connectivity index (χ2n) is 3.96. The number of carbonyl (C=O) groups excluding carboxylic acids is 1. The summed E-state index contributed by atoms with van der Waals surface area (Å²) in [5, 5.41) is 1.16. The lowest BCUT2D eigenvalue weighted by atomic mass is 10.1. The summed E-state index contributed by atoms with van der Waals surface area (Å²) >= 11 is 2.27. The molecule has 90 valence electrons. The first-order chi connectivity index (χ1) is 8.06. The molecule has 1 atom stereocenters. The number of fused-ring (bicyclic) bond motifs is 1. The van der Waals surface area contributed by atoms with Crippen LogP contribution in [0.25, 0.3) is 10.9 Å². The van der Waals surface area contributed by atoms with Crippen LogP contribution in [-0.4, -0.2) is 17.2 Å². The van der Waals surface area contributed by atoms with Crippen LogP contribution >= 0.6 is 22.6 Å². The molecule has 17 heavy (non-hydrogen) atoms.